The number of rotatable bonds is 18. The molecule has 0 aromatic carbocycles. The predicted octanol–water partition coefficient (Wildman–Crippen LogP) is 8.45. The Morgan fingerprint density at radius 2 is 1.67 bits per heavy atom. The maximum atomic E-state index is 13.6. The molecule has 3 heterocycles. The van der Waals surface area contributed by atoms with E-state index in [0.717, 1.165) is 24.1 Å². The number of anilines is 1. The number of furan rings is 1. The lowest BCUT2D eigenvalue weighted by atomic mass is 9.90. The molecular formula is C29H41N3O3S. The molecule has 0 aliphatic carbocycles. The van der Waals surface area contributed by atoms with Crippen molar-refractivity contribution >= 4 is 22.3 Å². The zero-order valence-electron chi connectivity index (χ0n) is 21.8. The zero-order valence-corrected chi connectivity index (χ0v) is 22.7. The molecule has 1 atom stereocenters. The topological polar surface area (TPSA) is 91.2 Å². The normalized spacial score (nSPS) is 12.1. The molecule has 2 N–H and O–H groups in total. The first-order valence-electron chi connectivity index (χ1n) is 13.5. The minimum Gasteiger partial charge on any atom is -0.481 e. The lowest BCUT2D eigenvalue weighted by Gasteiger charge is -2.16. The summed E-state index contributed by atoms with van der Waals surface area (Å²) in [6.45, 7) is 2.26. The van der Waals surface area contributed by atoms with E-state index >= 15 is 0 Å². The fraction of sp³-hybridized carbons (Fsp3) is 0.552. The Kier molecular flexibility index (Phi) is 12.0. The van der Waals surface area contributed by atoms with Crippen LogP contribution in [0.3, 0.4) is 0 Å². The first kappa shape index (κ1) is 27.9. The molecule has 6 nitrogen and oxygen atoms in total. The van der Waals surface area contributed by atoms with E-state index in [1.807, 2.05) is 12.1 Å². The summed E-state index contributed by atoms with van der Waals surface area (Å²) in [7, 11) is 1.57. The van der Waals surface area contributed by atoms with Crippen molar-refractivity contribution in [1.82, 2.24) is 9.97 Å². The van der Waals surface area contributed by atoms with Crippen molar-refractivity contribution in [3.63, 3.8) is 0 Å². The molecular weight excluding hydrogens is 470 g/mol. The third-order valence-corrected chi connectivity index (χ3v) is 7.63. The maximum absolute atomic E-state index is 13.6. The standard InChI is InChI=1S/C29H41N3O3S/c1-3-4-5-6-7-8-9-10-11-12-13-14-16-23(27(33)22-18-19-25(34-2)31-21-22)28-26(32-29(30)36-28)24-17-15-20-35-24/h15,17-21,23H,3-14,16H2,1-2H3,(H2,30,32). The van der Waals surface area contributed by atoms with Gasteiger partial charge in [-0.1, -0.05) is 84.0 Å². The van der Waals surface area contributed by atoms with Gasteiger partial charge in [-0.2, -0.15) is 0 Å². The Labute approximate surface area is 219 Å². The number of ether oxygens (including phenoxy) is 1. The van der Waals surface area contributed by atoms with Gasteiger partial charge < -0.3 is 14.9 Å². The second-order valence-electron chi connectivity index (χ2n) is 9.43. The molecule has 0 aliphatic heterocycles. The third kappa shape index (κ3) is 8.47. The van der Waals surface area contributed by atoms with Crippen LogP contribution >= 0.6 is 11.3 Å². The van der Waals surface area contributed by atoms with E-state index in [1.54, 1.807) is 31.7 Å². The van der Waals surface area contributed by atoms with Crippen LogP contribution in [0.15, 0.2) is 41.1 Å². The highest BCUT2D eigenvalue weighted by molar-refractivity contribution is 7.16. The Hall–Kier alpha value is -2.67. The minimum atomic E-state index is -0.335. The van der Waals surface area contributed by atoms with E-state index in [2.05, 4.69) is 16.9 Å². The summed E-state index contributed by atoms with van der Waals surface area (Å²) in [5.74, 6) is 0.823. The van der Waals surface area contributed by atoms with Gasteiger partial charge in [-0.15, -0.1) is 11.3 Å². The molecule has 3 aromatic heterocycles. The molecule has 1 unspecified atom stereocenters. The third-order valence-electron chi connectivity index (χ3n) is 6.63. The Morgan fingerprint density at radius 1 is 1.00 bits per heavy atom. The molecule has 0 spiro atoms. The number of thiazole rings is 1. The van der Waals surface area contributed by atoms with Crippen LogP contribution < -0.4 is 10.5 Å². The van der Waals surface area contributed by atoms with Gasteiger partial charge in [-0.25, -0.2) is 9.97 Å². The van der Waals surface area contributed by atoms with Gasteiger partial charge >= 0.3 is 0 Å². The summed E-state index contributed by atoms with van der Waals surface area (Å²) in [5, 5.41) is 0.441. The van der Waals surface area contributed by atoms with Crippen LogP contribution in [0.5, 0.6) is 5.88 Å². The van der Waals surface area contributed by atoms with Crippen molar-refractivity contribution in [3.8, 4) is 17.3 Å². The molecule has 36 heavy (non-hydrogen) atoms. The van der Waals surface area contributed by atoms with Crippen molar-refractivity contribution in [1.29, 1.82) is 0 Å². The van der Waals surface area contributed by atoms with Crippen molar-refractivity contribution in [2.75, 3.05) is 12.8 Å². The second kappa shape index (κ2) is 15.4. The number of Topliss-reactive ketones (excluding diaryl/α,β-unsaturated/α-hetero) is 1. The number of aromatic nitrogens is 2. The number of methoxy groups -OCH3 is 1. The quantitative estimate of drug-likeness (QED) is 0.136. The number of carbonyl (C=O) groups is 1. The van der Waals surface area contributed by atoms with Crippen LogP contribution in [0.1, 0.15) is 112 Å². The van der Waals surface area contributed by atoms with Gasteiger partial charge in [0.2, 0.25) is 5.88 Å². The van der Waals surface area contributed by atoms with Crippen molar-refractivity contribution in [2.45, 2.75) is 96.3 Å². The molecule has 0 saturated carbocycles. The summed E-state index contributed by atoms with van der Waals surface area (Å²) in [5.41, 5.74) is 7.33. The predicted molar refractivity (Wildman–Crippen MR) is 148 cm³/mol. The van der Waals surface area contributed by atoms with Crippen LogP contribution in [-0.4, -0.2) is 22.9 Å². The highest BCUT2D eigenvalue weighted by Crippen LogP contribution is 2.39. The molecule has 196 valence electrons. The van der Waals surface area contributed by atoms with Crippen LogP contribution in [0.25, 0.3) is 11.5 Å². The number of nitrogens with zero attached hydrogens (tertiary/aromatic N) is 2. The van der Waals surface area contributed by atoms with Gasteiger partial charge in [0.05, 0.1) is 19.3 Å². The molecule has 0 fully saturated rings. The zero-order chi connectivity index (χ0) is 25.6. The highest BCUT2D eigenvalue weighted by atomic mass is 32.1. The molecule has 0 amide bonds. The molecule has 0 radical (unpaired) electrons. The van der Waals surface area contributed by atoms with Crippen molar-refractivity contribution < 1.29 is 13.9 Å². The number of pyridine rings is 1. The van der Waals surface area contributed by atoms with E-state index in [-0.39, 0.29) is 11.7 Å². The van der Waals surface area contributed by atoms with Crippen LogP contribution in [0.2, 0.25) is 0 Å². The van der Waals surface area contributed by atoms with Crippen LogP contribution in [0.4, 0.5) is 5.13 Å². The molecule has 7 heteroatoms. The minimum absolute atomic E-state index is 0.0321. The van der Waals surface area contributed by atoms with E-state index in [0.29, 0.717) is 28.0 Å². The van der Waals surface area contributed by atoms with Gasteiger partial charge in [0.25, 0.3) is 0 Å². The number of nitrogen functional groups attached to an aromatic ring is 1. The summed E-state index contributed by atoms with van der Waals surface area (Å²) in [6, 6.07) is 7.19. The molecule has 0 aliphatic rings. The molecule has 3 aromatic rings. The fourth-order valence-corrected chi connectivity index (χ4v) is 5.57. The van der Waals surface area contributed by atoms with Crippen LogP contribution in [0, 0.1) is 0 Å². The van der Waals surface area contributed by atoms with Crippen molar-refractivity contribution in [3.05, 3.63) is 47.2 Å². The van der Waals surface area contributed by atoms with Crippen molar-refractivity contribution in [2.24, 2.45) is 0 Å². The van der Waals surface area contributed by atoms with Gasteiger partial charge in [0.15, 0.2) is 16.7 Å². The number of carbonyl (C=O) groups excluding carboxylic acids is 1. The lowest BCUT2D eigenvalue weighted by molar-refractivity contribution is 0.0954. The summed E-state index contributed by atoms with van der Waals surface area (Å²) >= 11 is 1.38. The van der Waals surface area contributed by atoms with E-state index in [1.165, 1.54) is 75.5 Å². The van der Waals surface area contributed by atoms with Crippen LogP contribution in [-0.2, 0) is 0 Å². The summed E-state index contributed by atoms with van der Waals surface area (Å²) < 4.78 is 10.8. The maximum Gasteiger partial charge on any atom is 0.212 e. The average Bonchev–Trinajstić information content (AvgIpc) is 3.56. The molecule has 0 saturated heterocycles. The Morgan fingerprint density at radius 3 is 2.22 bits per heavy atom. The number of hydrogen-bond donors (Lipinski definition) is 1. The average molecular weight is 512 g/mol. The van der Waals surface area contributed by atoms with Gasteiger partial charge in [0, 0.05) is 22.7 Å². The molecule has 0 bridgehead atoms. The fourth-order valence-electron chi connectivity index (χ4n) is 4.59. The SMILES string of the molecule is CCCCCCCCCCCCCCC(C(=O)c1ccc(OC)nc1)c1sc(N)nc1-c1ccco1. The van der Waals surface area contributed by atoms with Gasteiger partial charge in [-0.05, 0) is 24.6 Å². The van der Waals surface area contributed by atoms with E-state index < -0.39 is 0 Å². The molecule has 3 rings (SSSR count). The summed E-state index contributed by atoms with van der Waals surface area (Å²) in [4.78, 5) is 23.2. The first-order valence-corrected chi connectivity index (χ1v) is 14.3. The van der Waals surface area contributed by atoms with Gasteiger partial charge in [-0.3, -0.25) is 4.79 Å². The number of nitrogens with two attached hydrogens (primary N) is 1. The monoisotopic (exact) mass is 511 g/mol. The smallest absolute Gasteiger partial charge is 0.212 e. The Bertz CT molecular complexity index is 1020. The number of hydrogen-bond acceptors (Lipinski definition) is 7. The van der Waals surface area contributed by atoms with E-state index in [4.69, 9.17) is 14.9 Å². The lowest BCUT2D eigenvalue weighted by Crippen LogP contribution is -2.13. The summed E-state index contributed by atoms with van der Waals surface area (Å²) in [6.07, 6.45) is 19.3. The van der Waals surface area contributed by atoms with E-state index in [9.17, 15) is 4.79 Å². The highest BCUT2D eigenvalue weighted by Gasteiger charge is 2.29. The first-order chi connectivity index (χ1) is 17.6. The Balaban J connectivity index is 1.57. The number of unbranched alkanes of at least 4 members (excludes halogenated alkanes) is 11. The van der Waals surface area contributed by atoms with Gasteiger partial charge in [0.1, 0.15) is 5.69 Å². The number of ketones is 1. The largest absolute Gasteiger partial charge is 0.481 e. The second-order valence-corrected chi connectivity index (χ2v) is 10.5.